The molecule has 1 aliphatic heterocycles. The molecule has 2 rings (SSSR count). The Kier molecular flexibility index (Phi) is 4.25. The summed E-state index contributed by atoms with van der Waals surface area (Å²) in [5.74, 6) is -0.757. The first-order valence-electron chi connectivity index (χ1n) is 5.30. The number of carbonyl (C=O) groups excluding carboxylic acids is 1. The normalized spacial score (nSPS) is 20.1. The Hall–Kier alpha value is -0.560. The zero-order valence-electron chi connectivity index (χ0n) is 9.51. The molecule has 2 heterocycles. The van der Waals surface area contributed by atoms with Crippen LogP contribution in [0.3, 0.4) is 0 Å². The van der Waals surface area contributed by atoms with Crippen LogP contribution in [0.15, 0.2) is 12.1 Å². The highest BCUT2D eigenvalue weighted by atomic mass is 35.7. The number of carbonyl (C=O) groups is 1. The Morgan fingerprint density at radius 2 is 1.89 bits per heavy atom. The number of halogens is 3. The number of hydrogen-bond donors (Lipinski definition) is 0. The van der Waals surface area contributed by atoms with Crippen molar-refractivity contribution < 1.29 is 13.2 Å². The number of pyridine rings is 1. The van der Waals surface area contributed by atoms with E-state index in [2.05, 4.69) is 4.98 Å². The number of anilines is 1. The summed E-state index contributed by atoms with van der Waals surface area (Å²) in [7, 11) is 1.57. The van der Waals surface area contributed by atoms with Crippen molar-refractivity contribution in [2.75, 3.05) is 17.2 Å². The molecule has 1 aromatic rings. The fraction of sp³-hybridized carbons (Fsp3) is 0.400. The zero-order chi connectivity index (χ0) is 14.2. The van der Waals surface area contributed by atoms with Gasteiger partial charge in [-0.15, -0.1) is 0 Å². The van der Waals surface area contributed by atoms with Gasteiger partial charge in [0.1, 0.15) is 10.3 Å². The second-order valence-electron chi connectivity index (χ2n) is 4.25. The lowest BCUT2D eigenvalue weighted by atomic mass is 10.1. The predicted molar refractivity (Wildman–Crippen MR) is 74.4 cm³/mol. The van der Waals surface area contributed by atoms with Crippen LogP contribution < -0.4 is 4.90 Å². The largest absolute Gasteiger partial charge is 0.312 e. The first kappa shape index (κ1) is 14.8. The summed E-state index contributed by atoms with van der Waals surface area (Å²) in [6.45, 7) is 0.265. The summed E-state index contributed by atoms with van der Waals surface area (Å²) in [5.41, 5.74) is 0.504. The molecule has 1 saturated heterocycles. The quantitative estimate of drug-likeness (QED) is 0.624. The summed E-state index contributed by atoms with van der Waals surface area (Å²) in [4.78, 5) is 17.1. The Bertz CT molecular complexity index is 600. The van der Waals surface area contributed by atoms with Gasteiger partial charge < -0.3 is 4.90 Å². The molecule has 1 aliphatic rings. The standard InChI is InChI=1S/C10H9Cl3N2O3S/c11-8-2-7(3-9(12)14-8)15-4-6(1-10(15)16)5-19(13,17)18/h2-3,6H,1,4-5H2. The van der Waals surface area contributed by atoms with Gasteiger partial charge in [-0.25, -0.2) is 13.4 Å². The van der Waals surface area contributed by atoms with Crippen LogP contribution in [0, 0.1) is 5.92 Å². The topological polar surface area (TPSA) is 67.3 Å². The van der Waals surface area contributed by atoms with Crippen LogP contribution in [-0.2, 0) is 13.8 Å². The van der Waals surface area contributed by atoms with Gasteiger partial charge in [0.05, 0.1) is 5.75 Å². The van der Waals surface area contributed by atoms with Gasteiger partial charge in [-0.05, 0) is 12.1 Å². The highest BCUT2D eigenvalue weighted by Gasteiger charge is 2.33. The van der Waals surface area contributed by atoms with Gasteiger partial charge in [0, 0.05) is 35.3 Å². The van der Waals surface area contributed by atoms with E-state index in [1.54, 1.807) is 0 Å². The minimum absolute atomic E-state index is 0.128. The van der Waals surface area contributed by atoms with Crippen LogP contribution in [0.5, 0.6) is 0 Å². The van der Waals surface area contributed by atoms with Crippen LogP contribution in [-0.4, -0.2) is 31.6 Å². The van der Waals surface area contributed by atoms with Crippen molar-refractivity contribution in [3.63, 3.8) is 0 Å². The van der Waals surface area contributed by atoms with Gasteiger partial charge in [0.15, 0.2) is 0 Å². The predicted octanol–water partition coefficient (Wildman–Crippen LogP) is 2.31. The molecule has 1 unspecified atom stereocenters. The first-order valence-corrected chi connectivity index (χ1v) is 8.54. The van der Waals surface area contributed by atoms with Crippen molar-refractivity contribution >= 4 is 54.5 Å². The first-order chi connectivity index (χ1) is 8.74. The average molecular weight is 344 g/mol. The minimum atomic E-state index is -3.62. The molecular weight excluding hydrogens is 335 g/mol. The maximum Gasteiger partial charge on any atom is 0.232 e. The molecule has 5 nitrogen and oxygen atoms in total. The lowest BCUT2D eigenvalue weighted by Gasteiger charge is -2.16. The smallest absolute Gasteiger partial charge is 0.232 e. The van der Waals surface area contributed by atoms with E-state index in [1.807, 2.05) is 0 Å². The molecule has 1 atom stereocenters. The summed E-state index contributed by atoms with van der Waals surface area (Å²) < 4.78 is 22.1. The van der Waals surface area contributed by atoms with E-state index in [-0.39, 0.29) is 40.8 Å². The average Bonchev–Trinajstić information content (AvgIpc) is 2.54. The van der Waals surface area contributed by atoms with Crippen molar-refractivity contribution in [1.82, 2.24) is 4.98 Å². The maximum absolute atomic E-state index is 11.9. The summed E-state index contributed by atoms with van der Waals surface area (Å²) in [5, 5.41) is 0.340. The van der Waals surface area contributed by atoms with E-state index < -0.39 is 9.05 Å². The fourth-order valence-electron chi connectivity index (χ4n) is 2.03. The third kappa shape index (κ3) is 3.95. The van der Waals surface area contributed by atoms with E-state index in [0.717, 1.165) is 0 Å². The third-order valence-corrected chi connectivity index (χ3v) is 4.33. The van der Waals surface area contributed by atoms with E-state index in [1.165, 1.54) is 17.0 Å². The van der Waals surface area contributed by atoms with Crippen molar-refractivity contribution in [3.05, 3.63) is 22.4 Å². The van der Waals surface area contributed by atoms with Gasteiger partial charge >= 0.3 is 0 Å². The Labute approximate surface area is 124 Å². The van der Waals surface area contributed by atoms with Gasteiger partial charge in [0.25, 0.3) is 0 Å². The van der Waals surface area contributed by atoms with Crippen LogP contribution in [0.4, 0.5) is 5.69 Å². The van der Waals surface area contributed by atoms with Crippen LogP contribution >= 0.6 is 33.9 Å². The fourth-order valence-corrected chi connectivity index (χ4v) is 3.80. The Morgan fingerprint density at radius 3 is 2.42 bits per heavy atom. The third-order valence-electron chi connectivity index (χ3n) is 2.70. The highest BCUT2D eigenvalue weighted by molar-refractivity contribution is 8.13. The second-order valence-corrected chi connectivity index (χ2v) is 7.85. The van der Waals surface area contributed by atoms with Crippen LogP contribution in [0.2, 0.25) is 10.3 Å². The molecule has 1 aromatic heterocycles. The van der Waals surface area contributed by atoms with E-state index >= 15 is 0 Å². The van der Waals surface area contributed by atoms with Crippen molar-refractivity contribution in [1.29, 1.82) is 0 Å². The lowest BCUT2D eigenvalue weighted by Crippen LogP contribution is -2.25. The van der Waals surface area contributed by atoms with E-state index in [4.69, 9.17) is 33.9 Å². The molecule has 0 aromatic carbocycles. The number of rotatable bonds is 3. The molecule has 1 fully saturated rings. The van der Waals surface area contributed by atoms with E-state index in [0.29, 0.717) is 5.69 Å². The van der Waals surface area contributed by atoms with Crippen molar-refractivity contribution in [3.8, 4) is 0 Å². The molecule has 0 saturated carbocycles. The molecule has 0 bridgehead atoms. The van der Waals surface area contributed by atoms with Gasteiger partial charge in [-0.1, -0.05) is 23.2 Å². The second kappa shape index (κ2) is 5.44. The number of hydrogen-bond acceptors (Lipinski definition) is 4. The molecule has 0 spiro atoms. The molecule has 104 valence electrons. The molecule has 0 radical (unpaired) electrons. The number of nitrogens with zero attached hydrogens (tertiary/aromatic N) is 2. The lowest BCUT2D eigenvalue weighted by molar-refractivity contribution is -0.117. The van der Waals surface area contributed by atoms with Crippen LogP contribution in [0.25, 0.3) is 0 Å². The van der Waals surface area contributed by atoms with E-state index in [9.17, 15) is 13.2 Å². The van der Waals surface area contributed by atoms with Crippen molar-refractivity contribution in [2.24, 2.45) is 5.92 Å². The molecular formula is C10H9Cl3N2O3S. The number of aromatic nitrogens is 1. The maximum atomic E-state index is 11.9. The summed E-state index contributed by atoms with van der Waals surface area (Å²) in [6.07, 6.45) is 0.128. The summed E-state index contributed by atoms with van der Waals surface area (Å²) in [6, 6.07) is 3.01. The zero-order valence-corrected chi connectivity index (χ0v) is 12.6. The Morgan fingerprint density at radius 1 is 1.32 bits per heavy atom. The molecule has 0 aliphatic carbocycles. The highest BCUT2D eigenvalue weighted by Crippen LogP contribution is 2.29. The number of amides is 1. The Balaban J connectivity index is 2.20. The summed E-state index contributed by atoms with van der Waals surface area (Å²) >= 11 is 11.5. The minimum Gasteiger partial charge on any atom is -0.312 e. The molecule has 1 amide bonds. The molecule has 19 heavy (non-hydrogen) atoms. The van der Waals surface area contributed by atoms with Crippen LogP contribution in [0.1, 0.15) is 6.42 Å². The monoisotopic (exact) mass is 342 g/mol. The van der Waals surface area contributed by atoms with Crippen molar-refractivity contribution in [2.45, 2.75) is 6.42 Å². The van der Waals surface area contributed by atoms with Gasteiger partial charge in [0.2, 0.25) is 15.0 Å². The van der Waals surface area contributed by atoms with Gasteiger partial charge in [-0.3, -0.25) is 4.79 Å². The SMILES string of the molecule is O=C1CC(CS(=O)(=O)Cl)CN1c1cc(Cl)nc(Cl)c1. The molecule has 0 N–H and O–H groups in total. The van der Waals surface area contributed by atoms with Gasteiger partial charge in [-0.2, -0.15) is 0 Å². The molecule has 9 heteroatoms.